The summed E-state index contributed by atoms with van der Waals surface area (Å²) < 4.78 is 42.9. The molecular formula is C16H14FNO4S. The minimum absolute atomic E-state index is 0.0689. The van der Waals surface area contributed by atoms with Crippen LogP contribution in [0.3, 0.4) is 0 Å². The molecule has 1 amide bonds. The fourth-order valence-electron chi connectivity index (χ4n) is 2.36. The molecule has 5 nitrogen and oxygen atoms in total. The first kappa shape index (κ1) is 15.5. The predicted molar refractivity (Wildman–Crippen MR) is 82.3 cm³/mol. The van der Waals surface area contributed by atoms with Crippen LogP contribution in [0.1, 0.15) is 17.5 Å². The SMILES string of the molecule is Cc1cc(S(=O)(=O)Oc2ccc3c(c2)CCC(=O)N3)ccc1F. The van der Waals surface area contributed by atoms with Gasteiger partial charge in [-0.15, -0.1) is 0 Å². The molecule has 0 radical (unpaired) electrons. The van der Waals surface area contributed by atoms with Gasteiger partial charge in [0.1, 0.15) is 16.5 Å². The zero-order valence-electron chi connectivity index (χ0n) is 12.3. The number of aryl methyl sites for hydroxylation is 2. The minimum atomic E-state index is -4.04. The van der Waals surface area contributed by atoms with Gasteiger partial charge in [0.15, 0.2) is 0 Å². The second-order valence-electron chi connectivity index (χ2n) is 5.32. The largest absolute Gasteiger partial charge is 0.379 e. The molecule has 0 saturated heterocycles. The van der Waals surface area contributed by atoms with Crippen molar-refractivity contribution < 1.29 is 21.8 Å². The van der Waals surface area contributed by atoms with Crippen molar-refractivity contribution in [3.63, 3.8) is 0 Å². The smallest absolute Gasteiger partial charge is 0.339 e. The molecule has 1 aliphatic heterocycles. The van der Waals surface area contributed by atoms with Gasteiger partial charge in [0.05, 0.1) is 0 Å². The number of carbonyl (C=O) groups is 1. The van der Waals surface area contributed by atoms with Crippen molar-refractivity contribution in [3.8, 4) is 5.75 Å². The average molecular weight is 335 g/mol. The van der Waals surface area contributed by atoms with Crippen LogP contribution in [0, 0.1) is 12.7 Å². The van der Waals surface area contributed by atoms with Gasteiger partial charge in [0.2, 0.25) is 5.91 Å². The molecule has 3 rings (SSSR count). The van der Waals surface area contributed by atoms with Gasteiger partial charge in [-0.05, 0) is 60.9 Å². The van der Waals surface area contributed by atoms with Gasteiger partial charge in [-0.25, -0.2) is 4.39 Å². The zero-order chi connectivity index (χ0) is 16.6. The summed E-state index contributed by atoms with van der Waals surface area (Å²) >= 11 is 0. The van der Waals surface area contributed by atoms with Crippen LogP contribution in [0.2, 0.25) is 0 Å². The lowest BCUT2D eigenvalue weighted by Gasteiger charge is -2.17. The summed E-state index contributed by atoms with van der Waals surface area (Å²) in [6.45, 7) is 1.48. The molecular weight excluding hydrogens is 321 g/mol. The number of rotatable bonds is 3. The fraction of sp³-hybridized carbons (Fsp3) is 0.188. The van der Waals surface area contributed by atoms with E-state index in [1.165, 1.54) is 19.1 Å². The molecule has 0 fully saturated rings. The van der Waals surface area contributed by atoms with E-state index in [4.69, 9.17) is 4.18 Å². The van der Waals surface area contributed by atoms with E-state index in [9.17, 15) is 17.6 Å². The van der Waals surface area contributed by atoms with E-state index < -0.39 is 15.9 Å². The number of benzene rings is 2. The van der Waals surface area contributed by atoms with Crippen LogP contribution in [-0.2, 0) is 21.3 Å². The Labute approximate surface area is 133 Å². The first-order valence-electron chi connectivity index (χ1n) is 6.98. The molecule has 1 heterocycles. The van der Waals surface area contributed by atoms with Gasteiger partial charge in [0.25, 0.3) is 0 Å². The Hall–Kier alpha value is -2.41. The molecule has 0 bridgehead atoms. The van der Waals surface area contributed by atoms with E-state index >= 15 is 0 Å². The third-order valence-corrected chi connectivity index (χ3v) is 4.84. The number of hydrogen-bond donors (Lipinski definition) is 1. The highest BCUT2D eigenvalue weighted by molar-refractivity contribution is 7.87. The van der Waals surface area contributed by atoms with Crippen LogP contribution < -0.4 is 9.50 Å². The second kappa shape index (κ2) is 5.66. The van der Waals surface area contributed by atoms with Gasteiger partial charge >= 0.3 is 10.1 Å². The van der Waals surface area contributed by atoms with E-state index in [1.807, 2.05) is 0 Å². The topological polar surface area (TPSA) is 72.5 Å². The van der Waals surface area contributed by atoms with Crippen LogP contribution in [0.4, 0.5) is 10.1 Å². The number of amides is 1. The Balaban J connectivity index is 1.88. The fourth-order valence-corrected chi connectivity index (χ4v) is 3.37. The van der Waals surface area contributed by atoms with Crippen molar-refractivity contribution >= 4 is 21.7 Å². The molecule has 23 heavy (non-hydrogen) atoms. The van der Waals surface area contributed by atoms with Crippen LogP contribution in [0.15, 0.2) is 41.3 Å². The predicted octanol–water partition coefficient (Wildman–Crippen LogP) is 2.79. The van der Waals surface area contributed by atoms with Crippen LogP contribution in [-0.4, -0.2) is 14.3 Å². The van der Waals surface area contributed by atoms with Crippen LogP contribution in [0.5, 0.6) is 5.75 Å². The maximum Gasteiger partial charge on any atom is 0.339 e. The molecule has 120 valence electrons. The van der Waals surface area contributed by atoms with Gasteiger partial charge < -0.3 is 9.50 Å². The second-order valence-corrected chi connectivity index (χ2v) is 6.86. The van der Waals surface area contributed by atoms with E-state index in [0.29, 0.717) is 18.5 Å². The molecule has 0 aliphatic carbocycles. The molecule has 2 aromatic carbocycles. The van der Waals surface area contributed by atoms with Crippen molar-refractivity contribution in [1.29, 1.82) is 0 Å². The maximum atomic E-state index is 13.3. The standard InChI is InChI=1S/C16H14FNO4S/c1-10-8-13(4-5-14(10)17)23(20,21)22-12-3-6-15-11(9-12)2-7-16(19)18-15/h3-6,8-9H,2,7H2,1H3,(H,18,19). The third kappa shape index (κ3) is 3.19. The Morgan fingerprint density at radius 2 is 1.91 bits per heavy atom. The lowest BCUT2D eigenvalue weighted by Crippen LogP contribution is -2.19. The first-order valence-corrected chi connectivity index (χ1v) is 8.39. The van der Waals surface area contributed by atoms with Crippen molar-refractivity contribution in [3.05, 3.63) is 53.3 Å². The number of anilines is 1. The summed E-state index contributed by atoms with van der Waals surface area (Å²) in [6, 6.07) is 8.14. The van der Waals surface area contributed by atoms with Gasteiger partial charge in [0, 0.05) is 12.1 Å². The normalized spacial score (nSPS) is 14.1. The zero-order valence-corrected chi connectivity index (χ0v) is 13.1. The van der Waals surface area contributed by atoms with E-state index in [1.54, 1.807) is 12.1 Å². The quantitative estimate of drug-likeness (QED) is 0.876. The third-order valence-electron chi connectivity index (χ3n) is 3.60. The van der Waals surface area contributed by atoms with Crippen molar-refractivity contribution in [2.45, 2.75) is 24.7 Å². The summed E-state index contributed by atoms with van der Waals surface area (Å²) in [4.78, 5) is 11.2. The molecule has 2 aromatic rings. The molecule has 0 saturated carbocycles. The minimum Gasteiger partial charge on any atom is -0.379 e. The molecule has 0 unspecified atom stereocenters. The number of fused-ring (bicyclic) bond motifs is 1. The van der Waals surface area contributed by atoms with E-state index in [0.717, 1.165) is 17.7 Å². The summed E-state index contributed by atoms with van der Waals surface area (Å²) in [5.41, 5.74) is 1.69. The number of hydrogen-bond acceptors (Lipinski definition) is 4. The summed E-state index contributed by atoms with van der Waals surface area (Å²) in [6.07, 6.45) is 0.869. The Morgan fingerprint density at radius 3 is 2.65 bits per heavy atom. The Bertz CT molecular complexity index is 893. The monoisotopic (exact) mass is 335 g/mol. The van der Waals surface area contributed by atoms with Crippen molar-refractivity contribution in [1.82, 2.24) is 0 Å². The molecule has 1 N–H and O–H groups in total. The van der Waals surface area contributed by atoms with E-state index in [-0.39, 0.29) is 22.1 Å². The first-order chi connectivity index (χ1) is 10.8. The Kier molecular flexibility index (Phi) is 3.81. The summed E-state index contributed by atoms with van der Waals surface area (Å²) in [5.74, 6) is -0.393. The van der Waals surface area contributed by atoms with Gasteiger partial charge in [-0.2, -0.15) is 8.42 Å². The number of halogens is 1. The Morgan fingerprint density at radius 1 is 1.13 bits per heavy atom. The highest BCUT2D eigenvalue weighted by atomic mass is 32.2. The number of nitrogens with one attached hydrogen (secondary N) is 1. The molecule has 1 aliphatic rings. The van der Waals surface area contributed by atoms with Crippen LogP contribution >= 0.6 is 0 Å². The van der Waals surface area contributed by atoms with Crippen LogP contribution in [0.25, 0.3) is 0 Å². The molecule has 0 spiro atoms. The molecule has 0 atom stereocenters. The van der Waals surface area contributed by atoms with Gasteiger partial charge in [-0.3, -0.25) is 4.79 Å². The molecule has 7 heteroatoms. The summed E-state index contributed by atoms with van der Waals surface area (Å²) in [7, 11) is -4.04. The highest BCUT2D eigenvalue weighted by Gasteiger charge is 2.20. The van der Waals surface area contributed by atoms with Crippen molar-refractivity contribution in [2.75, 3.05) is 5.32 Å². The maximum absolute atomic E-state index is 13.3. The summed E-state index contributed by atoms with van der Waals surface area (Å²) in [5, 5.41) is 2.71. The van der Waals surface area contributed by atoms with Crippen molar-refractivity contribution in [2.24, 2.45) is 0 Å². The van der Waals surface area contributed by atoms with E-state index in [2.05, 4.69) is 5.32 Å². The lowest BCUT2D eigenvalue weighted by molar-refractivity contribution is -0.116. The molecule has 0 aromatic heterocycles. The lowest BCUT2D eigenvalue weighted by atomic mass is 10.0. The average Bonchev–Trinajstić information content (AvgIpc) is 2.49. The number of carbonyl (C=O) groups excluding carboxylic acids is 1. The highest BCUT2D eigenvalue weighted by Crippen LogP contribution is 2.28. The van der Waals surface area contributed by atoms with Gasteiger partial charge in [-0.1, -0.05) is 0 Å².